The van der Waals surface area contributed by atoms with Crippen molar-refractivity contribution >= 4 is 5.96 Å². The van der Waals surface area contributed by atoms with Crippen LogP contribution in [0.3, 0.4) is 0 Å². The summed E-state index contributed by atoms with van der Waals surface area (Å²) in [6.07, 6.45) is 2.62. The average molecular weight is 334 g/mol. The van der Waals surface area contributed by atoms with Gasteiger partial charge in [0.25, 0.3) is 0 Å². The Kier molecular flexibility index (Phi) is 5.82. The summed E-state index contributed by atoms with van der Waals surface area (Å²) in [7, 11) is 1.76. The Morgan fingerprint density at radius 3 is 2.44 bits per heavy atom. The van der Waals surface area contributed by atoms with Crippen molar-refractivity contribution in [3.63, 3.8) is 0 Å². The summed E-state index contributed by atoms with van der Waals surface area (Å²) >= 11 is 0. The molecule has 0 aliphatic carbocycles. The second-order valence-corrected chi connectivity index (χ2v) is 5.60. The van der Waals surface area contributed by atoms with Crippen molar-refractivity contribution in [2.24, 2.45) is 4.99 Å². The minimum atomic E-state index is 0.557. The summed E-state index contributed by atoms with van der Waals surface area (Å²) in [4.78, 5) is 8.74. The summed E-state index contributed by atoms with van der Waals surface area (Å²) in [5.74, 6) is 1.38. The predicted octanol–water partition coefficient (Wildman–Crippen LogP) is 3.25. The van der Waals surface area contributed by atoms with E-state index in [1.54, 1.807) is 13.3 Å². The van der Waals surface area contributed by atoms with Crippen molar-refractivity contribution in [1.29, 1.82) is 0 Å². The lowest BCUT2D eigenvalue weighted by atomic mass is 10.1. The monoisotopic (exact) mass is 334 g/mol. The molecule has 3 aromatic rings. The van der Waals surface area contributed by atoms with Gasteiger partial charge in [0.05, 0.1) is 12.2 Å². The lowest BCUT2D eigenvalue weighted by molar-refractivity contribution is 0.572. The van der Waals surface area contributed by atoms with Crippen molar-refractivity contribution < 1.29 is 4.42 Å². The molecule has 0 aliphatic rings. The number of nitrogens with zero attached hydrogens (tertiary/aromatic N) is 2. The molecular weight excluding hydrogens is 312 g/mol. The molecular formula is C20H22N4O. The first kappa shape index (κ1) is 16.8. The third-order valence-electron chi connectivity index (χ3n) is 3.78. The molecule has 25 heavy (non-hydrogen) atoms. The van der Waals surface area contributed by atoms with E-state index < -0.39 is 0 Å². The standard InChI is InChI=1S/C20H22N4O/c1-21-20(22-13-12-16-8-4-2-5-9-16)23-14-18-15-25-19(24-18)17-10-6-3-7-11-17/h2-11,15H,12-14H2,1H3,(H2,21,22,23). The molecule has 0 unspecified atom stereocenters. The molecule has 0 aliphatic heterocycles. The minimum Gasteiger partial charge on any atom is -0.444 e. The summed E-state index contributed by atoms with van der Waals surface area (Å²) < 4.78 is 5.54. The normalized spacial score (nSPS) is 11.3. The van der Waals surface area contributed by atoms with Gasteiger partial charge in [-0.15, -0.1) is 0 Å². The smallest absolute Gasteiger partial charge is 0.226 e. The fraction of sp³-hybridized carbons (Fsp3) is 0.200. The highest BCUT2D eigenvalue weighted by molar-refractivity contribution is 5.79. The highest BCUT2D eigenvalue weighted by Gasteiger charge is 2.06. The lowest BCUT2D eigenvalue weighted by Crippen LogP contribution is -2.37. The fourth-order valence-electron chi connectivity index (χ4n) is 2.47. The Labute approximate surface area is 147 Å². The van der Waals surface area contributed by atoms with E-state index in [4.69, 9.17) is 4.42 Å². The van der Waals surface area contributed by atoms with E-state index >= 15 is 0 Å². The van der Waals surface area contributed by atoms with Crippen molar-refractivity contribution in [2.45, 2.75) is 13.0 Å². The Morgan fingerprint density at radius 1 is 1.00 bits per heavy atom. The molecule has 1 aromatic heterocycles. The highest BCUT2D eigenvalue weighted by Crippen LogP contribution is 2.17. The second kappa shape index (κ2) is 8.68. The van der Waals surface area contributed by atoms with Gasteiger partial charge in [-0.1, -0.05) is 48.5 Å². The van der Waals surface area contributed by atoms with Crippen LogP contribution in [0.1, 0.15) is 11.3 Å². The molecule has 0 bridgehead atoms. The van der Waals surface area contributed by atoms with E-state index in [2.05, 4.69) is 44.9 Å². The maximum atomic E-state index is 5.54. The summed E-state index contributed by atoms with van der Waals surface area (Å²) in [5.41, 5.74) is 3.11. The number of aliphatic imine (C=N–C) groups is 1. The summed E-state index contributed by atoms with van der Waals surface area (Å²) in [6, 6.07) is 20.2. The van der Waals surface area contributed by atoms with Crippen LogP contribution in [-0.2, 0) is 13.0 Å². The van der Waals surface area contributed by atoms with Crippen LogP contribution in [0.2, 0.25) is 0 Å². The third kappa shape index (κ3) is 4.94. The molecule has 0 atom stereocenters. The van der Waals surface area contributed by atoms with E-state index in [9.17, 15) is 0 Å². The molecule has 0 radical (unpaired) electrons. The SMILES string of the molecule is CN=C(NCCc1ccccc1)NCc1coc(-c2ccccc2)n1. The lowest BCUT2D eigenvalue weighted by Gasteiger charge is -2.10. The molecule has 0 amide bonds. The van der Waals surface area contributed by atoms with Crippen LogP contribution < -0.4 is 10.6 Å². The van der Waals surface area contributed by atoms with Crippen LogP contribution >= 0.6 is 0 Å². The largest absolute Gasteiger partial charge is 0.444 e. The van der Waals surface area contributed by atoms with Gasteiger partial charge in [0, 0.05) is 19.2 Å². The van der Waals surface area contributed by atoms with Crippen molar-refractivity contribution in [1.82, 2.24) is 15.6 Å². The van der Waals surface area contributed by atoms with Gasteiger partial charge in [0.1, 0.15) is 6.26 Å². The summed E-state index contributed by atoms with van der Waals surface area (Å²) in [6.45, 7) is 1.37. The Hall–Kier alpha value is -3.08. The van der Waals surface area contributed by atoms with Crippen LogP contribution in [0.25, 0.3) is 11.5 Å². The zero-order valence-electron chi connectivity index (χ0n) is 14.3. The van der Waals surface area contributed by atoms with Gasteiger partial charge in [0.2, 0.25) is 5.89 Å². The van der Waals surface area contributed by atoms with E-state index in [1.807, 2.05) is 36.4 Å². The van der Waals surface area contributed by atoms with Crippen molar-refractivity contribution in [3.8, 4) is 11.5 Å². The zero-order chi connectivity index (χ0) is 17.3. The second-order valence-electron chi connectivity index (χ2n) is 5.60. The molecule has 3 rings (SSSR count). The number of hydrogen-bond acceptors (Lipinski definition) is 3. The first-order valence-electron chi connectivity index (χ1n) is 8.33. The minimum absolute atomic E-state index is 0.557. The van der Waals surface area contributed by atoms with Gasteiger partial charge in [0.15, 0.2) is 5.96 Å². The van der Waals surface area contributed by atoms with Crippen molar-refractivity contribution in [3.05, 3.63) is 78.2 Å². The molecule has 5 nitrogen and oxygen atoms in total. The number of oxazole rings is 1. The molecule has 2 aromatic carbocycles. The molecule has 0 saturated heterocycles. The predicted molar refractivity (Wildman–Crippen MR) is 100 cm³/mol. The molecule has 2 N–H and O–H groups in total. The Morgan fingerprint density at radius 2 is 1.72 bits per heavy atom. The maximum absolute atomic E-state index is 5.54. The van der Waals surface area contributed by atoms with Crippen molar-refractivity contribution in [2.75, 3.05) is 13.6 Å². The molecule has 0 spiro atoms. The third-order valence-corrected chi connectivity index (χ3v) is 3.78. The summed E-state index contributed by atoms with van der Waals surface area (Å²) in [5, 5.41) is 6.56. The number of hydrogen-bond donors (Lipinski definition) is 2. The van der Waals surface area contributed by atoms with E-state index in [1.165, 1.54) is 5.56 Å². The number of aromatic nitrogens is 1. The zero-order valence-corrected chi connectivity index (χ0v) is 14.3. The number of benzene rings is 2. The molecule has 1 heterocycles. The van der Waals surface area contributed by atoms with E-state index in [0.717, 1.165) is 30.2 Å². The topological polar surface area (TPSA) is 62.5 Å². The quantitative estimate of drug-likeness (QED) is 0.536. The number of nitrogens with one attached hydrogen (secondary N) is 2. The van der Waals surface area contributed by atoms with Gasteiger partial charge < -0.3 is 15.1 Å². The first-order valence-corrected chi connectivity index (χ1v) is 8.33. The number of guanidine groups is 1. The van der Waals surface area contributed by atoms with Crippen LogP contribution in [0.5, 0.6) is 0 Å². The first-order chi connectivity index (χ1) is 12.3. The van der Waals surface area contributed by atoms with Crippen LogP contribution in [0, 0.1) is 0 Å². The van der Waals surface area contributed by atoms with Gasteiger partial charge in [-0.25, -0.2) is 4.98 Å². The molecule has 0 fully saturated rings. The van der Waals surface area contributed by atoms with Crippen LogP contribution in [0.15, 0.2) is 76.3 Å². The molecule has 128 valence electrons. The van der Waals surface area contributed by atoms with Gasteiger partial charge in [-0.2, -0.15) is 0 Å². The Balaban J connectivity index is 1.47. The highest BCUT2D eigenvalue weighted by atomic mass is 16.3. The van der Waals surface area contributed by atoms with Gasteiger partial charge in [-0.05, 0) is 24.1 Å². The Bertz CT molecular complexity index is 797. The fourth-order valence-corrected chi connectivity index (χ4v) is 2.47. The maximum Gasteiger partial charge on any atom is 0.226 e. The van der Waals surface area contributed by atoms with E-state index in [-0.39, 0.29) is 0 Å². The molecule has 0 saturated carbocycles. The molecule has 5 heteroatoms. The van der Waals surface area contributed by atoms with Gasteiger partial charge >= 0.3 is 0 Å². The van der Waals surface area contributed by atoms with Crippen LogP contribution in [-0.4, -0.2) is 24.5 Å². The van der Waals surface area contributed by atoms with Gasteiger partial charge in [-0.3, -0.25) is 4.99 Å². The van der Waals surface area contributed by atoms with Crippen LogP contribution in [0.4, 0.5) is 0 Å². The average Bonchev–Trinajstić information content (AvgIpc) is 3.15. The van der Waals surface area contributed by atoms with E-state index in [0.29, 0.717) is 12.4 Å². The number of rotatable bonds is 6.